The normalized spacial score (nSPS) is 18.1. The minimum atomic E-state index is -1.21. The molecule has 0 unspecified atom stereocenters. The van der Waals surface area contributed by atoms with E-state index in [1.165, 1.54) is 0 Å². The van der Waals surface area contributed by atoms with Crippen LogP contribution in [0.1, 0.15) is 30.1 Å². The van der Waals surface area contributed by atoms with E-state index in [2.05, 4.69) is 5.32 Å². The van der Waals surface area contributed by atoms with E-state index in [0.717, 1.165) is 5.69 Å². The Bertz CT molecular complexity index is 906. The second-order valence-electron chi connectivity index (χ2n) is 6.93. The van der Waals surface area contributed by atoms with E-state index < -0.39 is 17.8 Å². The number of para-hydroxylation sites is 1. The van der Waals surface area contributed by atoms with Crippen LogP contribution in [0.5, 0.6) is 0 Å². The molecule has 0 spiro atoms. The molecule has 0 aliphatic heterocycles. The van der Waals surface area contributed by atoms with Crippen LogP contribution in [-0.2, 0) is 9.59 Å². The molecule has 2 atom stereocenters. The van der Waals surface area contributed by atoms with Crippen molar-refractivity contribution in [3.05, 3.63) is 72.3 Å². The highest BCUT2D eigenvalue weighted by atomic mass is 16.4. The Labute approximate surface area is 169 Å². The number of rotatable bonds is 6. The Morgan fingerprint density at radius 3 is 2.17 bits per heavy atom. The minimum Gasteiger partial charge on any atom is -0.550 e. The quantitative estimate of drug-likeness (QED) is 0.767. The molecule has 6 heteroatoms. The van der Waals surface area contributed by atoms with Gasteiger partial charge in [-0.25, -0.2) is 0 Å². The number of nitrogens with one attached hydrogen (secondary N) is 1. The standard InChI is InChI=1S/C23H24N2O4/c1-2-25(18-8-4-3-5-9-18)22(27)16-12-14-17(15-13-16)24-21(26)19-10-6-7-11-20(19)23(28)29/h3-9,12-15,19-20H,2,10-11H2,1H3,(H,24,26)(H,28,29)/p-1/t19-,20-/m1/s1. The monoisotopic (exact) mass is 391 g/mol. The van der Waals surface area contributed by atoms with Crippen molar-refractivity contribution in [3.8, 4) is 0 Å². The van der Waals surface area contributed by atoms with Gasteiger partial charge in [0.05, 0.1) is 5.92 Å². The second-order valence-corrected chi connectivity index (χ2v) is 6.93. The van der Waals surface area contributed by atoms with Gasteiger partial charge in [-0.15, -0.1) is 0 Å². The minimum absolute atomic E-state index is 0.133. The first-order chi connectivity index (χ1) is 14.0. The third-order valence-electron chi connectivity index (χ3n) is 5.10. The first-order valence-corrected chi connectivity index (χ1v) is 9.65. The molecule has 2 aromatic carbocycles. The number of nitrogens with zero attached hydrogens (tertiary/aromatic N) is 1. The summed E-state index contributed by atoms with van der Waals surface area (Å²) in [6.45, 7) is 2.44. The SMILES string of the molecule is CCN(C(=O)c1ccc(NC(=O)[C@@H]2CC=CC[C@H]2C(=O)[O-])cc1)c1ccccc1. The number of carbonyl (C=O) groups is 3. The number of anilines is 2. The van der Waals surface area contributed by atoms with E-state index in [9.17, 15) is 19.5 Å². The van der Waals surface area contributed by atoms with Crippen molar-refractivity contribution in [2.75, 3.05) is 16.8 Å². The Morgan fingerprint density at radius 2 is 1.59 bits per heavy atom. The van der Waals surface area contributed by atoms with Crippen molar-refractivity contribution < 1.29 is 19.5 Å². The summed E-state index contributed by atoms with van der Waals surface area (Å²) in [5, 5.41) is 14.0. The number of carboxylic acid groups (broad SMARTS) is 1. The zero-order valence-electron chi connectivity index (χ0n) is 16.2. The Kier molecular flexibility index (Phi) is 6.44. The van der Waals surface area contributed by atoms with Gasteiger partial charge in [-0.2, -0.15) is 0 Å². The maximum atomic E-state index is 12.8. The van der Waals surface area contributed by atoms with Gasteiger partial charge in [0.25, 0.3) is 5.91 Å². The molecule has 2 amide bonds. The molecule has 29 heavy (non-hydrogen) atoms. The first-order valence-electron chi connectivity index (χ1n) is 9.65. The molecule has 2 aromatic rings. The highest BCUT2D eigenvalue weighted by molar-refractivity contribution is 6.06. The highest BCUT2D eigenvalue weighted by Crippen LogP contribution is 2.27. The van der Waals surface area contributed by atoms with Gasteiger partial charge in [0, 0.05) is 35.4 Å². The molecule has 1 aliphatic rings. The van der Waals surface area contributed by atoms with Crippen LogP contribution < -0.4 is 15.3 Å². The molecule has 0 heterocycles. The topological polar surface area (TPSA) is 89.5 Å². The summed E-state index contributed by atoms with van der Waals surface area (Å²) in [7, 11) is 0. The summed E-state index contributed by atoms with van der Waals surface area (Å²) in [6.07, 6.45) is 4.23. The van der Waals surface area contributed by atoms with E-state index in [4.69, 9.17) is 0 Å². The summed E-state index contributed by atoms with van der Waals surface area (Å²) < 4.78 is 0. The van der Waals surface area contributed by atoms with Gasteiger partial charge in [0.2, 0.25) is 5.91 Å². The fourth-order valence-electron chi connectivity index (χ4n) is 3.50. The molecule has 1 N–H and O–H groups in total. The maximum Gasteiger partial charge on any atom is 0.258 e. The average Bonchev–Trinajstić information content (AvgIpc) is 2.75. The van der Waals surface area contributed by atoms with Crippen molar-refractivity contribution in [2.45, 2.75) is 19.8 Å². The van der Waals surface area contributed by atoms with Crippen LogP contribution in [0, 0.1) is 11.8 Å². The number of carboxylic acids is 1. The summed E-state index contributed by atoms with van der Waals surface area (Å²) in [4.78, 5) is 38.3. The Balaban J connectivity index is 1.70. The first kappa shape index (κ1) is 20.3. The summed E-state index contributed by atoms with van der Waals surface area (Å²) in [5.74, 6) is -3.20. The number of benzene rings is 2. The molecular formula is C23H23N2O4-. The molecular weight excluding hydrogens is 368 g/mol. The highest BCUT2D eigenvalue weighted by Gasteiger charge is 2.29. The zero-order chi connectivity index (χ0) is 20.8. The van der Waals surface area contributed by atoms with Gasteiger partial charge in [0.15, 0.2) is 0 Å². The molecule has 150 valence electrons. The van der Waals surface area contributed by atoms with Crippen LogP contribution in [0.25, 0.3) is 0 Å². The largest absolute Gasteiger partial charge is 0.550 e. The number of amides is 2. The summed E-state index contributed by atoms with van der Waals surface area (Å²) >= 11 is 0. The molecule has 3 rings (SSSR count). The number of hydrogen-bond donors (Lipinski definition) is 1. The fourth-order valence-corrected chi connectivity index (χ4v) is 3.50. The van der Waals surface area contributed by atoms with Gasteiger partial charge in [-0.3, -0.25) is 9.59 Å². The van der Waals surface area contributed by atoms with E-state index in [-0.39, 0.29) is 11.8 Å². The zero-order valence-corrected chi connectivity index (χ0v) is 16.2. The van der Waals surface area contributed by atoms with Gasteiger partial charge in [-0.1, -0.05) is 30.4 Å². The molecule has 0 saturated heterocycles. The molecule has 0 bridgehead atoms. The molecule has 1 aliphatic carbocycles. The maximum absolute atomic E-state index is 12.8. The smallest absolute Gasteiger partial charge is 0.258 e. The number of hydrogen-bond acceptors (Lipinski definition) is 4. The van der Waals surface area contributed by atoms with Crippen molar-refractivity contribution >= 4 is 29.2 Å². The fraction of sp³-hybridized carbons (Fsp3) is 0.261. The van der Waals surface area contributed by atoms with E-state index in [1.807, 2.05) is 43.3 Å². The second kappa shape index (κ2) is 9.19. The van der Waals surface area contributed by atoms with Crippen LogP contribution in [0.4, 0.5) is 11.4 Å². The lowest BCUT2D eigenvalue weighted by Crippen LogP contribution is -2.41. The lowest BCUT2D eigenvalue weighted by molar-refractivity contribution is -0.313. The Morgan fingerprint density at radius 1 is 0.966 bits per heavy atom. The number of carbonyl (C=O) groups excluding carboxylic acids is 3. The lowest BCUT2D eigenvalue weighted by atomic mass is 9.82. The molecule has 0 saturated carbocycles. The van der Waals surface area contributed by atoms with Crippen LogP contribution in [-0.4, -0.2) is 24.3 Å². The van der Waals surface area contributed by atoms with Crippen molar-refractivity contribution in [1.29, 1.82) is 0 Å². The average molecular weight is 391 g/mol. The molecule has 6 nitrogen and oxygen atoms in total. The van der Waals surface area contributed by atoms with Gasteiger partial charge in [-0.05, 0) is 56.2 Å². The van der Waals surface area contributed by atoms with Crippen LogP contribution >= 0.6 is 0 Å². The third-order valence-corrected chi connectivity index (χ3v) is 5.10. The summed E-state index contributed by atoms with van der Waals surface area (Å²) in [6, 6.07) is 16.0. The van der Waals surface area contributed by atoms with Crippen molar-refractivity contribution in [1.82, 2.24) is 0 Å². The summed E-state index contributed by atoms with van der Waals surface area (Å²) in [5.41, 5.74) is 1.83. The van der Waals surface area contributed by atoms with Crippen molar-refractivity contribution in [2.24, 2.45) is 11.8 Å². The predicted molar refractivity (Wildman–Crippen MR) is 109 cm³/mol. The van der Waals surface area contributed by atoms with E-state index >= 15 is 0 Å². The van der Waals surface area contributed by atoms with E-state index in [0.29, 0.717) is 30.6 Å². The third kappa shape index (κ3) is 4.71. The Hall–Kier alpha value is -3.41. The molecule has 0 aromatic heterocycles. The lowest BCUT2D eigenvalue weighted by Gasteiger charge is -2.28. The van der Waals surface area contributed by atoms with Crippen molar-refractivity contribution in [3.63, 3.8) is 0 Å². The molecule has 0 fully saturated rings. The molecule has 0 radical (unpaired) electrons. The van der Waals surface area contributed by atoms with Crippen LogP contribution in [0.3, 0.4) is 0 Å². The predicted octanol–water partition coefficient (Wildman–Crippen LogP) is 2.62. The van der Waals surface area contributed by atoms with E-state index in [1.54, 1.807) is 35.2 Å². The van der Waals surface area contributed by atoms with Gasteiger partial charge >= 0.3 is 0 Å². The van der Waals surface area contributed by atoms with Crippen LogP contribution in [0.2, 0.25) is 0 Å². The number of aliphatic carboxylic acids is 1. The van der Waals surface area contributed by atoms with Crippen LogP contribution in [0.15, 0.2) is 66.7 Å². The number of allylic oxidation sites excluding steroid dienone is 2. The van der Waals surface area contributed by atoms with Gasteiger partial charge < -0.3 is 20.1 Å². The van der Waals surface area contributed by atoms with Gasteiger partial charge in [0.1, 0.15) is 0 Å².